The van der Waals surface area contributed by atoms with Crippen molar-refractivity contribution in [1.29, 1.82) is 0 Å². The van der Waals surface area contributed by atoms with E-state index < -0.39 is 35.0 Å². The second-order valence-corrected chi connectivity index (χ2v) is 7.12. The molecule has 0 aliphatic rings. The lowest BCUT2D eigenvalue weighted by molar-refractivity contribution is -0.128. The van der Waals surface area contributed by atoms with Gasteiger partial charge in [0.1, 0.15) is 5.75 Å². The second kappa shape index (κ2) is 11.9. The predicted molar refractivity (Wildman–Crippen MR) is 111 cm³/mol. The Bertz CT molecular complexity index is 954. The van der Waals surface area contributed by atoms with E-state index in [-0.39, 0.29) is 16.9 Å². The van der Waals surface area contributed by atoms with Crippen molar-refractivity contribution in [3.63, 3.8) is 0 Å². The molecule has 0 amide bonds. The lowest BCUT2D eigenvalue weighted by atomic mass is 10.0. The highest BCUT2D eigenvalue weighted by Crippen LogP contribution is 2.34. The van der Waals surface area contributed by atoms with Gasteiger partial charge in [0.25, 0.3) is 0 Å². The number of hydrogen-bond donors (Lipinski definition) is 1. The Kier molecular flexibility index (Phi) is 9.31. The molecular weight excluding hydrogens is 409 g/mol. The van der Waals surface area contributed by atoms with Crippen molar-refractivity contribution in [3.05, 3.63) is 65.5 Å². The van der Waals surface area contributed by atoms with Crippen LogP contribution >= 0.6 is 0 Å². The molecule has 0 saturated carbocycles. The van der Waals surface area contributed by atoms with Crippen molar-refractivity contribution >= 4 is 11.9 Å². The number of ether oxygens (including phenoxy) is 1. The van der Waals surface area contributed by atoms with Gasteiger partial charge in [-0.2, -0.15) is 0 Å². The smallest absolute Gasteiger partial charge is 0.335 e. The summed E-state index contributed by atoms with van der Waals surface area (Å²) in [5.41, 5.74) is -0.813. The summed E-state index contributed by atoms with van der Waals surface area (Å²) in [5.74, 6) is -6.79. The number of esters is 1. The van der Waals surface area contributed by atoms with Crippen molar-refractivity contribution in [2.24, 2.45) is 0 Å². The molecule has 4 nitrogen and oxygen atoms in total. The number of unbranched alkanes of at least 4 members (excludes halogenated alkanes) is 6. The van der Waals surface area contributed by atoms with E-state index in [0.717, 1.165) is 31.4 Å². The SMILES string of the molecule is CCCCCCCCC=CC(=O)Oc1ccc(C(=O)O)cc1-c1ccc(F)c(F)c1F. The van der Waals surface area contributed by atoms with E-state index in [1.165, 1.54) is 37.5 Å². The Labute approximate surface area is 179 Å². The number of allylic oxidation sites excluding steroid dienone is 1. The van der Waals surface area contributed by atoms with Crippen LogP contribution in [-0.4, -0.2) is 17.0 Å². The molecule has 0 saturated heterocycles. The summed E-state index contributed by atoms with van der Waals surface area (Å²) in [6.07, 6.45) is 10.3. The maximum Gasteiger partial charge on any atom is 0.335 e. The van der Waals surface area contributed by atoms with Crippen molar-refractivity contribution in [2.75, 3.05) is 0 Å². The van der Waals surface area contributed by atoms with E-state index in [9.17, 15) is 27.9 Å². The highest BCUT2D eigenvalue weighted by Gasteiger charge is 2.20. The van der Waals surface area contributed by atoms with Crippen molar-refractivity contribution in [1.82, 2.24) is 0 Å². The van der Waals surface area contributed by atoms with Gasteiger partial charge >= 0.3 is 11.9 Å². The highest BCUT2D eigenvalue weighted by molar-refractivity contribution is 5.92. The Hall–Kier alpha value is -3.09. The van der Waals surface area contributed by atoms with Crippen LogP contribution in [0.3, 0.4) is 0 Å². The van der Waals surface area contributed by atoms with Crippen LogP contribution < -0.4 is 4.74 Å². The quantitative estimate of drug-likeness (QED) is 0.141. The Morgan fingerprint density at radius 3 is 2.35 bits per heavy atom. The van der Waals surface area contributed by atoms with Gasteiger partial charge in [0.15, 0.2) is 17.5 Å². The number of halogens is 3. The summed E-state index contributed by atoms with van der Waals surface area (Å²) in [7, 11) is 0. The number of aromatic carboxylic acids is 1. The molecule has 0 bridgehead atoms. The first kappa shape index (κ1) is 24.2. The fourth-order valence-electron chi connectivity index (χ4n) is 3.06. The van der Waals surface area contributed by atoms with Gasteiger partial charge in [-0.15, -0.1) is 0 Å². The molecule has 0 spiro atoms. The maximum atomic E-state index is 14.3. The average Bonchev–Trinajstić information content (AvgIpc) is 2.74. The number of hydrogen-bond acceptors (Lipinski definition) is 3. The first-order chi connectivity index (χ1) is 14.8. The number of carbonyl (C=O) groups excluding carboxylic acids is 1. The van der Waals surface area contributed by atoms with E-state index in [4.69, 9.17) is 4.74 Å². The van der Waals surface area contributed by atoms with Gasteiger partial charge in [0, 0.05) is 17.2 Å². The maximum absolute atomic E-state index is 14.3. The summed E-state index contributed by atoms with van der Waals surface area (Å²) in [4.78, 5) is 23.4. The van der Waals surface area contributed by atoms with Gasteiger partial charge in [0.2, 0.25) is 0 Å². The zero-order chi connectivity index (χ0) is 22.8. The third-order valence-corrected chi connectivity index (χ3v) is 4.74. The van der Waals surface area contributed by atoms with Crippen LogP contribution in [0.1, 0.15) is 62.2 Å². The molecule has 7 heteroatoms. The molecule has 0 unspecified atom stereocenters. The molecule has 166 valence electrons. The summed E-state index contributed by atoms with van der Waals surface area (Å²) < 4.78 is 46.5. The molecular formula is C24H25F3O4. The Balaban J connectivity index is 2.14. The van der Waals surface area contributed by atoms with Crippen molar-refractivity contribution in [2.45, 2.75) is 51.9 Å². The van der Waals surface area contributed by atoms with Gasteiger partial charge in [-0.3, -0.25) is 0 Å². The molecule has 0 atom stereocenters. The molecule has 0 radical (unpaired) electrons. The molecule has 0 fully saturated rings. The zero-order valence-corrected chi connectivity index (χ0v) is 17.3. The fourth-order valence-corrected chi connectivity index (χ4v) is 3.06. The first-order valence-electron chi connectivity index (χ1n) is 10.2. The predicted octanol–water partition coefficient (Wildman–Crippen LogP) is 6.68. The van der Waals surface area contributed by atoms with E-state index in [2.05, 4.69) is 6.92 Å². The molecule has 2 aromatic carbocycles. The number of benzene rings is 2. The van der Waals surface area contributed by atoms with Gasteiger partial charge in [-0.25, -0.2) is 22.8 Å². The van der Waals surface area contributed by atoms with Crippen LogP contribution in [0.5, 0.6) is 5.75 Å². The van der Waals surface area contributed by atoms with Crippen LogP contribution in [-0.2, 0) is 4.79 Å². The summed E-state index contributed by atoms with van der Waals surface area (Å²) in [5, 5.41) is 9.18. The number of carboxylic acid groups (broad SMARTS) is 1. The molecule has 0 aromatic heterocycles. The van der Waals surface area contributed by atoms with Crippen LogP contribution in [0.4, 0.5) is 13.2 Å². The first-order valence-corrected chi connectivity index (χ1v) is 10.2. The largest absolute Gasteiger partial charge is 0.478 e. The van der Waals surface area contributed by atoms with Crippen molar-refractivity contribution < 1.29 is 32.6 Å². The van der Waals surface area contributed by atoms with E-state index in [0.29, 0.717) is 12.5 Å². The summed E-state index contributed by atoms with van der Waals surface area (Å²) in [6.45, 7) is 2.15. The van der Waals surface area contributed by atoms with Gasteiger partial charge in [-0.05, 0) is 43.2 Å². The molecule has 1 N–H and O–H groups in total. The van der Waals surface area contributed by atoms with Crippen molar-refractivity contribution in [3.8, 4) is 16.9 Å². The fraction of sp³-hybridized carbons (Fsp3) is 0.333. The third kappa shape index (κ3) is 6.98. The Morgan fingerprint density at radius 1 is 0.935 bits per heavy atom. The van der Waals surface area contributed by atoms with E-state index in [1.807, 2.05) is 0 Å². The minimum Gasteiger partial charge on any atom is -0.478 e. The average molecular weight is 434 g/mol. The van der Waals surface area contributed by atoms with E-state index >= 15 is 0 Å². The zero-order valence-electron chi connectivity index (χ0n) is 17.3. The van der Waals surface area contributed by atoms with Gasteiger partial charge < -0.3 is 9.84 Å². The lowest BCUT2D eigenvalue weighted by Crippen LogP contribution is -2.07. The van der Waals surface area contributed by atoms with E-state index in [1.54, 1.807) is 6.08 Å². The molecule has 31 heavy (non-hydrogen) atoms. The monoisotopic (exact) mass is 434 g/mol. The Morgan fingerprint density at radius 2 is 1.65 bits per heavy atom. The van der Waals surface area contributed by atoms with Crippen LogP contribution in [0.15, 0.2) is 42.5 Å². The minimum atomic E-state index is -1.70. The highest BCUT2D eigenvalue weighted by atomic mass is 19.2. The number of rotatable bonds is 11. The number of carboxylic acids is 1. The molecule has 2 aromatic rings. The standard InChI is InChI=1S/C24H25F3O4/c1-2-3-4-5-6-7-8-9-10-21(28)31-20-14-11-16(24(29)30)15-18(20)17-12-13-19(25)23(27)22(17)26/h9-15H,2-8H2,1H3,(H,29,30). The topological polar surface area (TPSA) is 63.6 Å². The molecule has 0 aliphatic heterocycles. The minimum absolute atomic E-state index is 0.163. The lowest BCUT2D eigenvalue weighted by Gasteiger charge is -2.12. The summed E-state index contributed by atoms with van der Waals surface area (Å²) in [6, 6.07) is 5.07. The molecule has 0 heterocycles. The summed E-state index contributed by atoms with van der Waals surface area (Å²) >= 11 is 0. The van der Waals surface area contributed by atoms with Crippen LogP contribution in [0, 0.1) is 17.5 Å². The van der Waals surface area contributed by atoms with Crippen LogP contribution in [0.25, 0.3) is 11.1 Å². The van der Waals surface area contributed by atoms with Gasteiger partial charge in [0.05, 0.1) is 5.56 Å². The van der Waals surface area contributed by atoms with Gasteiger partial charge in [-0.1, -0.05) is 45.1 Å². The normalized spacial score (nSPS) is 11.1. The third-order valence-electron chi connectivity index (χ3n) is 4.74. The molecule has 2 rings (SSSR count). The second-order valence-electron chi connectivity index (χ2n) is 7.12. The number of carbonyl (C=O) groups is 2. The molecule has 0 aliphatic carbocycles. The van der Waals surface area contributed by atoms with Crippen LogP contribution in [0.2, 0.25) is 0 Å².